The Hall–Kier alpha value is -0.410. The normalized spacial score (nSPS) is 24.7. The van der Waals surface area contributed by atoms with Crippen molar-refractivity contribution in [2.45, 2.75) is 52.5 Å². The molecule has 96 valence electrons. The molecule has 2 nitrogen and oxygen atoms in total. The second kappa shape index (κ2) is 5.96. The molecule has 0 aliphatic heterocycles. The van der Waals surface area contributed by atoms with Crippen molar-refractivity contribution >= 4 is 11.3 Å². The van der Waals surface area contributed by atoms with Gasteiger partial charge in [-0.3, -0.25) is 0 Å². The van der Waals surface area contributed by atoms with Gasteiger partial charge in [0.05, 0.1) is 5.01 Å². The van der Waals surface area contributed by atoms with Crippen molar-refractivity contribution in [3.63, 3.8) is 0 Å². The van der Waals surface area contributed by atoms with Gasteiger partial charge >= 0.3 is 0 Å². The molecule has 0 radical (unpaired) electrons. The van der Waals surface area contributed by atoms with Crippen LogP contribution in [0, 0.1) is 18.8 Å². The van der Waals surface area contributed by atoms with Crippen LogP contribution in [0.5, 0.6) is 0 Å². The van der Waals surface area contributed by atoms with Gasteiger partial charge in [-0.05, 0) is 38.1 Å². The summed E-state index contributed by atoms with van der Waals surface area (Å²) in [6, 6.07) is 0.610. The van der Waals surface area contributed by atoms with Crippen molar-refractivity contribution in [2.24, 2.45) is 11.8 Å². The number of nitrogens with one attached hydrogen (secondary N) is 1. The van der Waals surface area contributed by atoms with Gasteiger partial charge in [-0.2, -0.15) is 0 Å². The van der Waals surface area contributed by atoms with E-state index in [9.17, 15) is 0 Å². The van der Waals surface area contributed by atoms with Crippen LogP contribution in [-0.4, -0.2) is 17.6 Å². The monoisotopic (exact) mass is 252 g/mol. The minimum absolute atomic E-state index is 0.610. The van der Waals surface area contributed by atoms with E-state index in [1.807, 2.05) is 11.3 Å². The van der Waals surface area contributed by atoms with E-state index in [2.05, 4.69) is 36.5 Å². The zero-order valence-corrected chi connectivity index (χ0v) is 12.0. The highest BCUT2D eigenvalue weighted by molar-refractivity contribution is 7.09. The predicted octanol–water partition coefficient (Wildman–Crippen LogP) is 3.41. The molecule has 1 N–H and O–H groups in total. The number of rotatable bonds is 5. The van der Waals surface area contributed by atoms with Gasteiger partial charge in [0.1, 0.15) is 0 Å². The number of aromatic nitrogens is 1. The van der Waals surface area contributed by atoms with Crippen LogP contribution in [0.4, 0.5) is 0 Å². The molecule has 3 heteroatoms. The average molecular weight is 252 g/mol. The molecule has 0 bridgehead atoms. The number of hydrogen-bond donors (Lipinski definition) is 1. The minimum Gasteiger partial charge on any atom is -0.314 e. The first-order valence-corrected chi connectivity index (χ1v) is 7.67. The van der Waals surface area contributed by atoms with Crippen LogP contribution in [0.15, 0.2) is 5.38 Å². The summed E-state index contributed by atoms with van der Waals surface area (Å²) in [5.74, 6) is 1.72. The first-order valence-electron chi connectivity index (χ1n) is 6.79. The smallest absolute Gasteiger partial charge is 0.0930 e. The number of aryl methyl sites for hydroxylation is 1. The lowest BCUT2D eigenvalue weighted by Gasteiger charge is -2.20. The molecule has 1 aromatic heterocycles. The lowest BCUT2D eigenvalue weighted by Crippen LogP contribution is -2.31. The topological polar surface area (TPSA) is 24.9 Å². The van der Waals surface area contributed by atoms with Gasteiger partial charge in [-0.15, -0.1) is 11.3 Å². The fourth-order valence-electron chi connectivity index (χ4n) is 2.76. The van der Waals surface area contributed by atoms with Crippen LogP contribution in [0.25, 0.3) is 0 Å². The Morgan fingerprint density at radius 3 is 2.82 bits per heavy atom. The van der Waals surface area contributed by atoms with Gasteiger partial charge in [0, 0.05) is 23.5 Å². The maximum atomic E-state index is 4.60. The zero-order valence-electron chi connectivity index (χ0n) is 11.2. The fraction of sp³-hybridized carbons (Fsp3) is 0.786. The second-order valence-electron chi connectivity index (χ2n) is 5.60. The Morgan fingerprint density at radius 1 is 1.41 bits per heavy atom. The molecule has 2 rings (SSSR count). The van der Waals surface area contributed by atoms with Gasteiger partial charge in [0.15, 0.2) is 0 Å². The van der Waals surface area contributed by atoms with Gasteiger partial charge in [0.2, 0.25) is 0 Å². The molecule has 0 aromatic carbocycles. The fourth-order valence-corrected chi connectivity index (χ4v) is 3.63. The molecule has 1 aromatic rings. The van der Waals surface area contributed by atoms with Crippen LogP contribution >= 0.6 is 11.3 Å². The Kier molecular flexibility index (Phi) is 4.57. The van der Waals surface area contributed by atoms with E-state index in [-0.39, 0.29) is 0 Å². The van der Waals surface area contributed by atoms with Crippen LogP contribution in [0.2, 0.25) is 0 Å². The number of thiazole rings is 1. The predicted molar refractivity (Wildman–Crippen MR) is 74.5 cm³/mol. The molecule has 1 heterocycles. The van der Waals surface area contributed by atoms with Crippen LogP contribution < -0.4 is 5.32 Å². The Balaban J connectivity index is 1.86. The molecule has 0 saturated heterocycles. The van der Waals surface area contributed by atoms with E-state index >= 15 is 0 Å². The lowest BCUT2D eigenvalue weighted by molar-refractivity contribution is 0.353. The molecule has 2 atom stereocenters. The summed E-state index contributed by atoms with van der Waals surface area (Å²) in [7, 11) is 0. The average Bonchev–Trinajstić information content (AvgIpc) is 2.86. The molecule has 17 heavy (non-hydrogen) atoms. The molecular formula is C14H24N2S. The van der Waals surface area contributed by atoms with Gasteiger partial charge in [-0.25, -0.2) is 4.98 Å². The molecular weight excluding hydrogens is 228 g/mol. The lowest BCUT2D eigenvalue weighted by atomic mass is 9.93. The van der Waals surface area contributed by atoms with Gasteiger partial charge in [-0.1, -0.05) is 20.3 Å². The highest BCUT2D eigenvalue weighted by Crippen LogP contribution is 2.34. The summed E-state index contributed by atoms with van der Waals surface area (Å²) >= 11 is 1.83. The highest BCUT2D eigenvalue weighted by Gasteiger charge is 2.27. The summed E-state index contributed by atoms with van der Waals surface area (Å²) in [6.45, 7) is 7.74. The van der Waals surface area contributed by atoms with E-state index in [0.29, 0.717) is 6.04 Å². The summed E-state index contributed by atoms with van der Waals surface area (Å²) in [5.41, 5.74) is 1.18. The van der Waals surface area contributed by atoms with Crippen molar-refractivity contribution < 1.29 is 0 Å². The van der Waals surface area contributed by atoms with Crippen molar-refractivity contribution in [3.8, 4) is 0 Å². The molecule has 2 unspecified atom stereocenters. The summed E-state index contributed by atoms with van der Waals surface area (Å²) in [4.78, 5) is 4.60. The second-order valence-corrected chi connectivity index (χ2v) is 6.54. The quantitative estimate of drug-likeness (QED) is 0.868. The largest absolute Gasteiger partial charge is 0.314 e. The molecule has 0 spiro atoms. The Bertz CT molecular complexity index is 346. The van der Waals surface area contributed by atoms with E-state index < -0.39 is 0 Å². The first-order chi connectivity index (χ1) is 8.15. The Morgan fingerprint density at radius 2 is 2.18 bits per heavy atom. The van der Waals surface area contributed by atoms with Crippen molar-refractivity contribution in [1.82, 2.24) is 10.3 Å². The molecule has 1 fully saturated rings. The van der Waals surface area contributed by atoms with Crippen molar-refractivity contribution in [2.75, 3.05) is 6.54 Å². The maximum Gasteiger partial charge on any atom is 0.0930 e. The summed E-state index contributed by atoms with van der Waals surface area (Å²) in [5, 5.41) is 7.10. The van der Waals surface area contributed by atoms with Gasteiger partial charge < -0.3 is 5.32 Å². The van der Waals surface area contributed by atoms with Crippen molar-refractivity contribution in [1.29, 1.82) is 0 Å². The first kappa shape index (κ1) is 13.0. The van der Waals surface area contributed by atoms with Crippen LogP contribution in [0.1, 0.15) is 43.8 Å². The summed E-state index contributed by atoms with van der Waals surface area (Å²) in [6.07, 6.45) is 5.39. The van der Waals surface area contributed by atoms with E-state index in [1.165, 1.54) is 42.9 Å². The third kappa shape index (κ3) is 3.78. The van der Waals surface area contributed by atoms with E-state index in [0.717, 1.165) is 11.8 Å². The van der Waals surface area contributed by atoms with Crippen LogP contribution in [-0.2, 0) is 6.42 Å². The van der Waals surface area contributed by atoms with Gasteiger partial charge in [0.25, 0.3) is 0 Å². The molecule has 1 aliphatic carbocycles. The highest BCUT2D eigenvalue weighted by atomic mass is 32.1. The molecule has 0 amide bonds. The Labute approximate surface area is 109 Å². The molecule has 1 saturated carbocycles. The summed E-state index contributed by atoms with van der Waals surface area (Å²) < 4.78 is 0. The maximum absolute atomic E-state index is 4.60. The van der Waals surface area contributed by atoms with Crippen LogP contribution in [0.3, 0.4) is 0 Å². The van der Waals surface area contributed by atoms with E-state index in [1.54, 1.807) is 0 Å². The minimum atomic E-state index is 0.610. The zero-order chi connectivity index (χ0) is 12.3. The number of hydrogen-bond acceptors (Lipinski definition) is 3. The molecule has 1 aliphatic rings. The third-order valence-electron chi connectivity index (χ3n) is 3.71. The van der Waals surface area contributed by atoms with Crippen molar-refractivity contribution in [3.05, 3.63) is 16.1 Å². The third-order valence-corrected chi connectivity index (χ3v) is 4.70. The SMILES string of the molecule is Cc1csc(CC2CCCC2CNC(C)C)n1. The number of nitrogens with zero attached hydrogens (tertiary/aromatic N) is 1. The standard InChI is InChI=1S/C14H24N2S/c1-10(2)15-8-13-6-4-5-12(13)7-14-16-11(3)9-17-14/h9-10,12-13,15H,4-8H2,1-3H3. The van der Waals surface area contributed by atoms with E-state index in [4.69, 9.17) is 0 Å².